The van der Waals surface area contributed by atoms with E-state index in [-0.39, 0.29) is 52.3 Å². The van der Waals surface area contributed by atoms with E-state index in [0.29, 0.717) is 76.1 Å². The lowest BCUT2D eigenvalue weighted by Crippen LogP contribution is -2.58. The fourth-order valence-electron chi connectivity index (χ4n) is 9.77. The number of nitrogens with one attached hydrogen (secondary N) is 1. The number of halogens is 3. The van der Waals surface area contributed by atoms with E-state index < -0.39 is 22.8 Å². The van der Waals surface area contributed by atoms with E-state index in [9.17, 15) is 37.6 Å². The number of ether oxygens (including phenoxy) is 1. The molecule has 62 heavy (non-hydrogen) atoms. The maximum Gasteiger partial charge on any atom is 0.417 e. The fourth-order valence-corrected chi connectivity index (χ4v) is 10.2. The smallest absolute Gasteiger partial charge is 0.417 e. The molecule has 7 rings (SSSR count). The van der Waals surface area contributed by atoms with E-state index in [1.165, 1.54) is 11.0 Å². The van der Waals surface area contributed by atoms with Crippen LogP contribution in [0.4, 0.5) is 24.5 Å². The van der Waals surface area contributed by atoms with Crippen molar-refractivity contribution in [3.05, 3.63) is 88.5 Å². The van der Waals surface area contributed by atoms with Gasteiger partial charge in [-0.1, -0.05) is 50.5 Å². The minimum Gasteiger partial charge on any atom is -0.492 e. The van der Waals surface area contributed by atoms with E-state index >= 15 is 0 Å². The molecule has 1 saturated carbocycles. The first kappa shape index (κ1) is 44.9. The van der Waals surface area contributed by atoms with Crippen molar-refractivity contribution in [1.29, 1.82) is 5.26 Å². The third kappa shape index (κ3) is 9.43. The summed E-state index contributed by atoms with van der Waals surface area (Å²) in [5, 5.41) is 11.9. The minimum absolute atomic E-state index is 0.0170. The van der Waals surface area contributed by atoms with Crippen molar-refractivity contribution in [3.8, 4) is 11.8 Å². The first-order chi connectivity index (χ1) is 29.6. The number of anilines is 2. The Morgan fingerprint density at radius 2 is 1.68 bits per heavy atom. The van der Waals surface area contributed by atoms with Gasteiger partial charge in [0.2, 0.25) is 11.8 Å². The first-order valence-electron chi connectivity index (χ1n) is 21.6. The average molecular weight is 871 g/mol. The molecule has 15 heteroatoms. The van der Waals surface area contributed by atoms with Crippen molar-refractivity contribution in [2.24, 2.45) is 5.92 Å². The number of benzene rings is 3. The van der Waals surface area contributed by atoms with Gasteiger partial charge in [0.1, 0.15) is 17.9 Å². The lowest BCUT2D eigenvalue weighted by molar-refractivity contribution is -0.138. The number of hydrogen-bond donors (Lipinski definition) is 1. The third-order valence-electron chi connectivity index (χ3n) is 12.9. The Bertz CT molecular complexity index is 2260. The van der Waals surface area contributed by atoms with E-state index in [0.717, 1.165) is 61.2 Å². The van der Waals surface area contributed by atoms with Gasteiger partial charge in [0.05, 0.1) is 29.4 Å². The summed E-state index contributed by atoms with van der Waals surface area (Å²) in [6.07, 6.45) is 1.03. The number of aryl methyl sites for hydroxylation is 1. The van der Waals surface area contributed by atoms with Gasteiger partial charge in [-0.25, -0.2) is 0 Å². The quantitative estimate of drug-likeness (QED) is 0.140. The first-order valence-corrected chi connectivity index (χ1v) is 22.0. The molecule has 1 unspecified atom stereocenters. The van der Waals surface area contributed by atoms with Crippen molar-refractivity contribution in [1.82, 2.24) is 15.1 Å². The Hall–Kier alpha value is -5.17. The van der Waals surface area contributed by atoms with Gasteiger partial charge in [0.25, 0.3) is 5.91 Å². The number of rotatable bonds is 13. The van der Waals surface area contributed by atoms with Gasteiger partial charge in [-0.2, -0.15) is 18.4 Å². The maximum atomic E-state index is 14.4. The second-order valence-corrected chi connectivity index (χ2v) is 17.6. The summed E-state index contributed by atoms with van der Waals surface area (Å²) in [5.41, 5.74) is 0.780. The van der Waals surface area contributed by atoms with E-state index in [2.05, 4.69) is 29.0 Å². The summed E-state index contributed by atoms with van der Waals surface area (Å²) in [5.74, 6) is -0.249. The second-order valence-electron chi connectivity index (χ2n) is 17.2. The normalized spacial score (nSPS) is 22.2. The van der Waals surface area contributed by atoms with Crippen LogP contribution in [-0.2, 0) is 44.6 Å². The molecule has 3 saturated heterocycles. The Morgan fingerprint density at radius 3 is 2.35 bits per heavy atom. The average Bonchev–Trinajstić information content (AvgIpc) is 3.43. The fraction of sp³-hybridized carbons (Fsp3) is 0.489. The molecule has 3 aromatic rings. The van der Waals surface area contributed by atoms with Crippen molar-refractivity contribution >= 4 is 52.2 Å². The molecule has 4 aliphatic rings. The Kier molecular flexibility index (Phi) is 13.5. The monoisotopic (exact) mass is 870 g/mol. The van der Waals surface area contributed by atoms with Gasteiger partial charge in [-0.15, -0.1) is 0 Å². The number of amides is 3. The zero-order chi connectivity index (χ0) is 44.3. The number of ketones is 1. The number of nitriles is 1. The molecule has 3 aliphatic heterocycles. The van der Waals surface area contributed by atoms with Crippen LogP contribution in [-0.4, -0.2) is 88.8 Å². The van der Waals surface area contributed by atoms with Crippen LogP contribution in [0.1, 0.15) is 93.5 Å². The largest absolute Gasteiger partial charge is 0.492 e. The van der Waals surface area contributed by atoms with Crippen molar-refractivity contribution < 1.29 is 37.1 Å². The molecule has 1 aliphatic carbocycles. The van der Waals surface area contributed by atoms with E-state index in [1.807, 2.05) is 54.3 Å². The van der Waals surface area contributed by atoms with E-state index in [1.54, 1.807) is 6.07 Å². The molecule has 3 heterocycles. The summed E-state index contributed by atoms with van der Waals surface area (Å²) in [6.45, 7) is 9.26. The molecular weight excluding hydrogens is 818 g/mol. The molecule has 3 aromatic carbocycles. The highest BCUT2D eigenvalue weighted by molar-refractivity contribution is 7.81. The third-order valence-corrected chi connectivity index (χ3v) is 13.3. The van der Waals surface area contributed by atoms with Crippen molar-refractivity contribution in [2.45, 2.75) is 109 Å². The van der Waals surface area contributed by atoms with Crippen LogP contribution in [0.25, 0.3) is 0 Å². The number of thiocarbonyl (C=S) groups is 1. The standard InChI is InChI=1S/C47H53F3N6O5S/c1-4-34-24-38(56-45(62)55(44(60)46(56)17-6-5-7-18-46)37-13-11-36(26-51)40(25-37)47(48,49)50)14-15-41(34)61-20-19-53-27-30(2)54(31(3)28-53)29-39(57)23-33-10-8-9-32(21-33)22-35-12-16-42(58)52-43(35)59/h8-11,13-15,21,24-25,30-31,35H,4-7,12,16-20,22-23,27-29H2,1-3H3,(H,52,58,59)/t30-,31+,35?. The lowest BCUT2D eigenvalue weighted by Gasteiger charge is -2.44. The van der Waals surface area contributed by atoms with Crippen LogP contribution in [0.2, 0.25) is 0 Å². The van der Waals surface area contributed by atoms with Crippen LogP contribution in [0.15, 0.2) is 60.7 Å². The highest BCUT2D eigenvalue weighted by atomic mass is 32.1. The number of hydrogen-bond acceptors (Lipinski definition) is 9. The summed E-state index contributed by atoms with van der Waals surface area (Å²) >= 11 is 5.93. The zero-order valence-corrected chi connectivity index (χ0v) is 36.2. The molecule has 4 fully saturated rings. The van der Waals surface area contributed by atoms with Crippen LogP contribution >= 0.6 is 12.2 Å². The van der Waals surface area contributed by atoms with Crippen molar-refractivity contribution in [2.75, 3.05) is 42.6 Å². The number of imide groups is 1. The van der Waals surface area contributed by atoms with Crippen LogP contribution < -0.4 is 19.9 Å². The number of piperazine rings is 1. The number of piperidine rings is 1. The second kappa shape index (κ2) is 18.7. The Balaban J connectivity index is 0.963. The maximum absolute atomic E-state index is 14.4. The predicted molar refractivity (Wildman–Crippen MR) is 233 cm³/mol. The summed E-state index contributed by atoms with van der Waals surface area (Å²) < 4.78 is 48.3. The number of carbonyl (C=O) groups is 4. The van der Waals surface area contributed by atoms with Gasteiger partial charge in [-0.05, 0) is 111 Å². The minimum atomic E-state index is -4.79. The summed E-state index contributed by atoms with van der Waals surface area (Å²) in [6, 6.07) is 18.7. The molecule has 0 bridgehead atoms. The van der Waals surface area contributed by atoms with Gasteiger partial charge < -0.3 is 9.64 Å². The van der Waals surface area contributed by atoms with Gasteiger partial charge in [-0.3, -0.25) is 39.2 Å². The molecule has 0 aromatic heterocycles. The SMILES string of the molecule is CCc1cc(N2C(=S)N(c3ccc(C#N)c(C(F)(F)F)c3)C(=O)C23CCCCC3)ccc1OCCN1C[C@@H](C)N(CC(=O)Cc2cccc(CC3CCC(=O)NC3=O)c2)[C@@H](C)C1. The Labute approximate surface area is 366 Å². The zero-order valence-electron chi connectivity index (χ0n) is 35.4. The summed E-state index contributed by atoms with van der Waals surface area (Å²) in [7, 11) is 0. The molecule has 1 N–H and O–H groups in total. The number of carbonyl (C=O) groups excluding carboxylic acids is 4. The van der Waals surface area contributed by atoms with Crippen molar-refractivity contribution in [3.63, 3.8) is 0 Å². The molecule has 3 amide bonds. The molecule has 328 valence electrons. The molecule has 11 nitrogen and oxygen atoms in total. The molecule has 1 spiro atoms. The van der Waals surface area contributed by atoms with Crippen LogP contribution in [0.3, 0.4) is 0 Å². The highest BCUT2D eigenvalue weighted by Gasteiger charge is 2.56. The summed E-state index contributed by atoms with van der Waals surface area (Å²) in [4.78, 5) is 59.2. The predicted octanol–water partition coefficient (Wildman–Crippen LogP) is 7.16. The topological polar surface area (TPSA) is 126 Å². The Morgan fingerprint density at radius 1 is 0.968 bits per heavy atom. The van der Waals surface area contributed by atoms with Crippen LogP contribution in [0.5, 0.6) is 5.75 Å². The molecule has 0 radical (unpaired) electrons. The highest BCUT2D eigenvalue weighted by Crippen LogP contribution is 2.46. The number of Topliss-reactive ketones (excluding diaryl/α,β-unsaturated/α-hetero) is 1. The van der Waals surface area contributed by atoms with Gasteiger partial charge in [0, 0.05) is 56.2 Å². The van der Waals surface area contributed by atoms with Gasteiger partial charge in [0.15, 0.2) is 10.9 Å². The molecule has 3 atom stereocenters. The number of alkyl halides is 3. The number of nitrogens with zero attached hydrogens (tertiary/aromatic N) is 5. The van der Waals surface area contributed by atoms with Crippen LogP contribution in [0, 0.1) is 17.2 Å². The molecular formula is C47H53F3N6O5S. The van der Waals surface area contributed by atoms with E-state index in [4.69, 9.17) is 17.0 Å². The lowest BCUT2D eigenvalue weighted by atomic mass is 9.80. The van der Waals surface area contributed by atoms with Gasteiger partial charge >= 0.3 is 6.18 Å².